The molecule has 0 radical (unpaired) electrons. The van der Waals surface area contributed by atoms with E-state index in [9.17, 15) is 0 Å². The van der Waals surface area contributed by atoms with E-state index in [4.69, 9.17) is 10.4 Å². The van der Waals surface area contributed by atoms with Crippen LogP contribution in [0.5, 0.6) is 0 Å². The Labute approximate surface area is 133 Å². The normalized spacial score (nSPS) is 12.1. The molecule has 4 nitrogen and oxygen atoms in total. The molecule has 0 atom stereocenters. The molecule has 0 aliphatic heterocycles. The molecule has 0 aliphatic rings. The highest BCUT2D eigenvalue weighted by Gasteiger charge is 2.02. The number of hydrogen-bond acceptors (Lipinski definition) is 4. The van der Waals surface area contributed by atoms with Crippen LogP contribution in [-0.2, 0) is 6.42 Å². The maximum absolute atomic E-state index is 8.84. The third-order valence-corrected chi connectivity index (χ3v) is 3.86. The van der Waals surface area contributed by atoms with Crippen LogP contribution in [0.1, 0.15) is 69.4 Å². The van der Waals surface area contributed by atoms with Crippen LogP contribution in [0.25, 0.3) is 0 Å². The zero-order valence-electron chi connectivity index (χ0n) is 13.5. The van der Waals surface area contributed by atoms with Gasteiger partial charge in [0, 0.05) is 5.56 Å². The van der Waals surface area contributed by atoms with E-state index in [2.05, 4.69) is 17.2 Å². The summed E-state index contributed by atoms with van der Waals surface area (Å²) in [4.78, 5) is 0. The van der Waals surface area contributed by atoms with Crippen LogP contribution < -0.4 is 0 Å². The van der Waals surface area contributed by atoms with E-state index in [0.29, 0.717) is 0 Å². The lowest BCUT2D eigenvalue weighted by atomic mass is 10.0. The van der Waals surface area contributed by atoms with Crippen molar-refractivity contribution in [3.63, 3.8) is 0 Å². The molecule has 1 aromatic carbocycles. The highest BCUT2D eigenvalue weighted by atomic mass is 16.4. The Morgan fingerprint density at radius 3 is 2.05 bits per heavy atom. The van der Waals surface area contributed by atoms with E-state index in [-0.39, 0.29) is 5.71 Å². The van der Waals surface area contributed by atoms with Gasteiger partial charge in [-0.25, -0.2) is 0 Å². The van der Waals surface area contributed by atoms with E-state index in [0.717, 1.165) is 18.2 Å². The molecular formula is C18H28N2O2. The zero-order valence-corrected chi connectivity index (χ0v) is 13.5. The molecule has 1 aromatic rings. The van der Waals surface area contributed by atoms with Gasteiger partial charge in [0.1, 0.15) is 5.71 Å². The molecule has 0 aliphatic carbocycles. The van der Waals surface area contributed by atoms with Crippen LogP contribution in [0.3, 0.4) is 0 Å². The van der Waals surface area contributed by atoms with Gasteiger partial charge in [-0.2, -0.15) is 0 Å². The average molecular weight is 304 g/mol. The Bertz CT molecular complexity index is 453. The summed E-state index contributed by atoms with van der Waals surface area (Å²) in [5, 5.41) is 23.3. The average Bonchev–Trinajstić information content (AvgIpc) is 2.56. The van der Waals surface area contributed by atoms with E-state index < -0.39 is 0 Å². The number of unbranched alkanes of at least 4 members (excludes halogenated alkanes) is 7. The number of hydrogen-bond donors (Lipinski definition) is 2. The standard InChI is InChI=1S/C18H28N2O2/c1-2-3-4-5-6-7-8-9-10-16-11-13-17(14-12-16)18(20-22)15-19-21/h11-15,21-22H,2-10H2,1H3/b19-15+,20-18-. The van der Waals surface area contributed by atoms with E-state index in [1.165, 1.54) is 56.9 Å². The predicted molar refractivity (Wildman–Crippen MR) is 91.4 cm³/mol. The van der Waals surface area contributed by atoms with Gasteiger partial charge in [0.15, 0.2) is 0 Å². The van der Waals surface area contributed by atoms with Crippen molar-refractivity contribution in [3.05, 3.63) is 35.4 Å². The SMILES string of the molecule is CCCCCCCCCCc1ccc(C(/C=N/O)=N\O)cc1. The molecule has 0 saturated heterocycles. The fourth-order valence-corrected chi connectivity index (χ4v) is 2.52. The van der Waals surface area contributed by atoms with E-state index >= 15 is 0 Å². The third kappa shape index (κ3) is 7.25. The van der Waals surface area contributed by atoms with Gasteiger partial charge >= 0.3 is 0 Å². The minimum absolute atomic E-state index is 0.251. The molecule has 22 heavy (non-hydrogen) atoms. The van der Waals surface area contributed by atoms with Crippen LogP contribution in [0.2, 0.25) is 0 Å². The quantitative estimate of drug-likeness (QED) is 0.261. The molecule has 122 valence electrons. The molecule has 0 spiro atoms. The molecule has 0 bridgehead atoms. The van der Waals surface area contributed by atoms with Crippen molar-refractivity contribution in [2.45, 2.75) is 64.7 Å². The van der Waals surface area contributed by atoms with Crippen LogP contribution in [0.15, 0.2) is 34.6 Å². The van der Waals surface area contributed by atoms with Crippen molar-refractivity contribution in [3.8, 4) is 0 Å². The van der Waals surface area contributed by atoms with Crippen molar-refractivity contribution >= 4 is 11.9 Å². The first-order valence-electron chi connectivity index (χ1n) is 8.30. The molecule has 4 heteroatoms. The van der Waals surface area contributed by atoms with Gasteiger partial charge in [-0.05, 0) is 18.4 Å². The Morgan fingerprint density at radius 2 is 1.50 bits per heavy atom. The van der Waals surface area contributed by atoms with Gasteiger partial charge in [0.2, 0.25) is 0 Å². The lowest BCUT2D eigenvalue weighted by molar-refractivity contribution is 0.316. The van der Waals surface area contributed by atoms with E-state index in [1.807, 2.05) is 24.3 Å². The summed E-state index contributed by atoms with van der Waals surface area (Å²) in [6, 6.07) is 7.84. The first-order valence-corrected chi connectivity index (χ1v) is 8.30. The number of benzene rings is 1. The summed E-state index contributed by atoms with van der Waals surface area (Å²) in [5.74, 6) is 0. The summed E-state index contributed by atoms with van der Waals surface area (Å²) < 4.78 is 0. The van der Waals surface area contributed by atoms with Crippen LogP contribution in [-0.4, -0.2) is 22.3 Å². The monoisotopic (exact) mass is 304 g/mol. The molecule has 0 unspecified atom stereocenters. The van der Waals surface area contributed by atoms with Gasteiger partial charge in [-0.3, -0.25) is 0 Å². The smallest absolute Gasteiger partial charge is 0.131 e. The molecule has 2 N–H and O–H groups in total. The van der Waals surface area contributed by atoms with Crippen molar-refractivity contribution in [2.24, 2.45) is 10.3 Å². The summed E-state index contributed by atoms with van der Waals surface area (Å²) in [6.45, 7) is 2.25. The Balaban J connectivity index is 2.24. The first-order chi connectivity index (χ1) is 10.8. The first kappa shape index (κ1) is 18.2. The second-order valence-corrected chi connectivity index (χ2v) is 5.65. The molecular weight excluding hydrogens is 276 g/mol. The van der Waals surface area contributed by atoms with Crippen molar-refractivity contribution in [1.82, 2.24) is 0 Å². The van der Waals surface area contributed by atoms with Crippen molar-refractivity contribution in [2.75, 3.05) is 0 Å². The highest BCUT2D eigenvalue weighted by molar-refractivity contribution is 6.37. The number of aryl methyl sites for hydroxylation is 1. The second kappa shape index (κ2) is 11.8. The highest BCUT2D eigenvalue weighted by Crippen LogP contribution is 2.12. The van der Waals surface area contributed by atoms with Crippen molar-refractivity contribution in [1.29, 1.82) is 0 Å². The Hall–Kier alpha value is -1.84. The zero-order chi connectivity index (χ0) is 16.0. The largest absolute Gasteiger partial charge is 0.411 e. The molecule has 1 rings (SSSR count). The number of oxime groups is 2. The third-order valence-electron chi connectivity index (χ3n) is 3.86. The summed E-state index contributed by atoms with van der Waals surface area (Å²) >= 11 is 0. The van der Waals surface area contributed by atoms with Gasteiger partial charge in [0.05, 0.1) is 6.21 Å². The molecule has 0 fully saturated rings. The number of nitrogens with zero attached hydrogens (tertiary/aromatic N) is 2. The lowest BCUT2D eigenvalue weighted by Gasteiger charge is -2.04. The summed E-state index contributed by atoms with van der Waals surface area (Å²) in [5.41, 5.74) is 2.27. The minimum atomic E-state index is 0.251. The molecule has 0 aromatic heterocycles. The fourth-order valence-electron chi connectivity index (χ4n) is 2.52. The molecule has 0 amide bonds. The van der Waals surface area contributed by atoms with Gasteiger partial charge < -0.3 is 10.4 Å². The van der Waals surface area contributed by atoms with Crippen LogP contribution in [0, 0.1) is 0 Å². The molecule has 0 heterocycles. The molecule has 0 saturated carbocycles. The van der Waals surface area contributed by atoms with Crippen LogP contribution >= 0.6 is 0 Å². The lowest BCUT2D eigenvalue weighted by Crippen LogP contribution is -2.02. The van der Waals surface area contributed by atoms with Gasteiger partial charge in [0.25, 0.3) is 0 Å². The Kier molecular flexibility index (Phi) is 9.75. The fraction of sp³-hybridized carbons (Fsp3) is 0.556. The van der Waals surface area contributed by atoms with Gasteiger partial charge in [-0.1, -0.05) is 86.4 Å². The topological polar surface area (TPSA) is 65.2 Å². The second-order valence-electron chi connectivity index (χ2n) is 5.65. The maximum atomic E-state index is 8.84. The van der Waals surface area contributed by atoms with Crippen molar-refractivity contribution < 1.29 is 10.4 Å². The Morgan fingerprint density at radius 1 is 0.909 bits per heavy atom. The van der Waals surface area contributed by atoms with Crippen LogP contribution in [0.4, 0.5) is 0 Å². The summed E-state index contributed by atoms with van der Waals surface area (Å²) in [6.07, 6.45) is 12.8. The maximum Gasteiger partial charge on any atom is 0.131 e. The summed E-state index contributed by atoms with van der Waals surface area (Å²) in [7, 11) is 0. The minimum Gasteiger partial charge on any atom is -0.411 e. The predicted octanol–water partition coefficient (Wildman–Crippen LogP) is 5.01. The van der Waals surface area contributed by atoms with Gasteiger partial charge in [-0.15, -0.1) is 0 Å². The number of rotatable bonds is 11. The van der Waals surface area contributed by atoms with E-state index in [1.54, 1.807) is 0 Å².